The number of aromatic nitrogens is 3. The molecule has 28 heavy (non-hydrogen) atoms. The lowest BCUT2D eigenvalue weighted by molar-refractivity contribution is -0.113. The molecule has 0 saturated carbocycles. The first-order chi connectivity index (χ1) is 13.6. The van der Waals surface area contributed by atoms with E-state index < -0.39 is 0 Å². The molecule has 0 aliphatic heterocycles. The molecule has 2 aromatic carbocycles. The van der Waals surface area contributed by atoms with Crippen LogP contribution >= 0.6 is 23.4 Å². The van der Waals surface area contributed by atoms with Crippen LogP contribution in [0.3, 0.4) is 0 Å². The number of amides is 1. The number of hydrogen-bond donors (Lipinski definition) is 1. The number of anilines is 1. The van der Waals surface area contributed by atoms with Crippen LogP contribution < -0.4 is 10.1 Å². The van der Waals surface area contributed by atoms with Crippen LogP contribution in [0.4, 0.5) is 5.69 Å². The zero-order valence-corrected chi connectivity index (χ0v) is 16.8. The van der Waals surface area contributed by atoms with E-state index >= 15 is 0 Å². The summed E-state index contributed by atoms with van der Waals surface area (Å²) in [4.78, 5) is 12.3. The highest BCUT2D eigenvalue weighted by Gasteiger charge is 2.16. The predicted octanol–water partition coefficient (Wildman–Crippen LogP) is 4.52. The lowest BCUT2D eigenvalue weighted by Gasteiger charge is -2.09. The van der Waals surface area contributed by atoms with Crippen molar-refractivity contribution in [2.75, 3.05) is 18.2 Å². The largest absolute Gasteiger partial charge is 0.497 e. The molecule has 0 unspecified atom stereocenters. The van der Waals surface area contributed by atoms with Gasteiger partial charge in [-0.15, -0.1) is 16.8 Å². The minimum atomic E-state index is -0.148. The van der Waals surface area contributed by atoms with E-state index in [0.29, 0.717) is 34.0 Å². The quantitative estimate of drug-likeness (QED) is 0.433. The summed E-state index contributed by atoms with van der Waals surface area (Å²) in [5, 5.41) is 12.5. The van der Waals surface area contributed by atoms with Crippen LogP contribution in [-0.4, -0.2) is 33.5 Å². The number of methoxy groups -OCH3 is 1. The van der Waals surface area contributed by atoms with Gasteiger partial charge in [-0.3, -0.25) is 9.36 Å². The third-order valence-corrected chi connectivity index (χ3v) is 5.13. The molecule has 144 valence electrons. The predicted molar refractivity (Wildman–Crippen MR) is 113 cm³/mol. The van der Waals surface area contributed by atoms with E-state index in [2.05, 4.69) is 22.1 Å². The zero-order chi connectivity index (χ0) is 19.9. The Morgan fingerprint density at radius 1 is 1.29 bits per heavy atom. The zero-order valence-electron chi connectivity index (χ0n) is 15.3. The van der Waals surface area contributed by atoms with Crippen LogP contribution in [-0.2, 0) is 11.3 Å². The number of allylic oxidation sites excluding steroid dienone is 1. The first-order valence-corrected chi connectivity index (χ1v) is 9.84. The molecule has 8 heteroatoms. The van der Waals surface area contributed by atoms with Gasteiger partial charge in [-0.05, 0) is 24.3 Å². The standard InChI is InChI=1S/C20H19ClN4O2S/c1-3-11-25-19(16-9-4-5-10-17(16)21)23-24-20(25)28-13-18(26)22-14-7-6-8-15(12-14)27-2/h3-10,12H,1,11,13H2,2H3,(H,22,26). The molecule has 0 atom stereocenters. The summed E-state index contributed by atoms with van der Waals surface area (Å²) in [5.74, 6) is 1.36. The van der Waals surface area contributed by atoms with Gasteiger partial charge in [-0.25, -0.2) is 0 Å². The van der Waals surface area contributed by atoms with Crippen LogP contribution in [0.2, 0.25) is 5.02 Å². The Balaban J connectivity index is 1.72. The van der Waals surface area contributed by atoms with E-state index in [4.69, 9.17) is 16.3 Å². The topological polar surface area (TPSA) is 69.0 Å². The van der Waals surface area contributed by atoms with Gasteiger partial charge < -0.3 is 10.1 Å². The maximum absolute atomic E-state index is 12.3. The molecule has 6 nitrogen and oxygen atoms in total. The fourth-order valence-electron chi connectivity index (χ4n) is 2.56. The van der Waals surface area contributed by atoms with E-state index in [1.54, 1.807) is 31.4 Å². The number of nitrogens with one attached hydrogen (secondary N) is 1. The molecule has 0 aliphatic rings. The second-order valence-corrected chi connectivity index (χ2v) is 7.10. The second-order valence-electron chi connectivity index (χ2n) is 5.75. The fraction of sp³-hybridized carbons (Fsp3) is 0.150. The van der Waals surface area contributed by atoms with Gasteiger partial charge in [0.05, 0.1) is 17.9 Å². The summed E-state index contributed by atoms with van der Waals surface area (Å²) in [5.41, 5.74) is 1.46. The number of hydrogen-bond acceptors (Lipinski definition) is 5. The highest BCUT2D eigenvalue weighted by Crippen LogP contribution is 2.29. The van der Waals surface area contributed by atoms with Crippen molar-refractivity contribution in [1.29, 1.82) is 0 Å². The van der Waals surface area contributed by atoms with Crippen molar-refractivity contribution in [3.05, 3.63) is 66.2 Å². The SMILES string of the molecule is C=CCn1c(SCC(=O)Nc2cccc(OC)c2)nnc1-c1ccccc1Cl. The van der Waals surface area contributed by atoms with Crippen molar-refractivity contribution in [2.45, 2.75) is 11.7 Å². The Morgan fingerprint density at radius 3 is 2.86 bits per heavy atom. The highest BCUT2D eigenvalue weighted by molar-refractivity contribution is 7.99. The van der Waals surface area contributed by atoms with Crippen molar-refractivity contribution in [2.24, 2.45) is 0 Å². The van der Waals surface area contributed by atoms with Crippen LogP contribution in [0.1, 0.15) is 0 Å². The maximum atomic E-state index is 12.3. The molecule has 1 aromatic heterocycles. The smallest absolute Gasteiger partial charge is 0.234 e. The third-order valence-electron chi connectivity index (χ3n) is 3.83. The fourth-order valence-corrected chi connectivity index (χ4v) is 3.53. The third kappa shape index (κ3) is 4.74. The van der Waals surface area contributed by atoms with Crippen molar-refractivity contribution < 1.29 is 9.53 Å². The summed E-state index contributed by atoms with van der Waals surface area (Å²) in [7, 11) is 1.58. The second kappa shape index (κ2) is 9.43. The summed E-state index contributed by atoms with van der Waals surface area (Å²) in [6.45, 7) is 4.30. The number of rotatable bonds is 8. The first kappa shape index (κ1) is 20.0. The Hall–Kier alpha value is -2.77. The molecule has 1 amide bonds. The molecule has 0 fully saturated rings. The van der Waals surface area contributed by atoms with Crippen LogP contribution in [0.15, 0.2) is 66.3 Å². The van der Waals surface area contributed by atoms with Crippen molar-refractivity contribution >= 4 is 35.0 Å². The molecule has 0 spiro atoms. The van der Waals surface area contributed by atoms with Crippen molar-refractivity contribution in [3.63, 3.8) is 0 Å². The summed E-state index contributed by atoms with van der Waals surface area (Å²) < 4.78 is 7.05. The first-order valence-electron chi connectivity index (χ1n) is 8.48. The number of benzene rings is 2. The van der Waals surface area contributed by atoms with Gasteiger partial charge in [0, 0.05) is 23.9 Å². The molecule has 0 bridgehead atoms. The van der Waals surface area contributed by atoms with Gasteiger partial charge in [0.15, 0.2) is 11.0 Å². The van der Waals surface area contributed by atoms with Gasteiger partial charge in [-0.1, -0.05) is 47.6 Å². The number of nitrogens with zero attached hydrogens (tertiary/aromatic N) is 3. The van der Waals surface area contributed by atoms with Crippen molar-refractivity contribution in [1.82, 2.24) is 14.8 Å². The Bertz CT molecular complexity index is 990. The van der Waals surface area contributed by atoms with Gasteiger partial charge in [0.1, 0.15) is 5.75 Å². The Labute approximate surface area is 172 Å². The lowest BCUT2D eigenvalue weighted by atomic mass is 10.2. The summed E-state index contributed by atoms with van der Waals surface area (Å²) >= 11 is 7.60. The average Bonchev–Trinajstić information content (AvgIpc) is 3.09. The number of carbonyl (C=O) groups excluding carboxylic acids is 1. The minimum Gasteiger partial charge on any atom is -0.497 e. The number of thioether (sulfide) groups is 1. The number of halogens is 1. The molecular weight excluding hydrogens is 396 g/mol. The molecule has 3 rings (SSSR count). The normalized spacial score (nSPS) is 10.5. The monoisotopic (exact) mass is 414 g/mol. The highest BCUT2D eigenvalue weighted by atomic mass is 35.5. The summed E-state index contributed by atoms with van der Waals surface area (Å²) in [6, 6.07) is 14.6. The number of carbonyl (C=O) groups is 1. The van der Waals surface area contributed by atoms with Gasteiger partial charge >= 0.3 is 0 Å². The van der Waals surface area contributed by atoms with Gasteiger partial charge in [-0.2, -0.15) is 0 Å². The van der Waals surface area contributed by atoms with Gasteiger partial charge in [0.2, 0.25) is 5.91 Å². The Morgan fingerprint density at radius 2 is 2.11 bits per heavy atom. The van der Waals surface area contributed by atoms with E-state index in [9.17, 15) is 4.79 Å². The van der Waals surface area contributed by atoms with Crippen LogP contribution in [0, 0.1) is 0 Å². The van der Waals surface area contributed by atoms with Crippen LogP contribution in [0.5, 0.6) is 5.75 Å². The minimum absolute atomic E-state index is 0.148. The molecule has 1 N–H and O–H groups in total. The molecule has 0 radical (unpaired) electrons. The van der Waals surface area contributed by atoms with E-state index in [1.807, 2.05) is 34.9 Å². The average molecular weight is 415 g/mol. The molecule has 0 aliphatic carbocycles. The maximum Gasteiger partial charge on any atom is 0.234 e. The lowest BCUT2D eigenvalue weighted by Crippen LogP contribution is -2.14. The van der Waals surface area contributed by atoms with E-state index in [0.717, 1.165) is 5.56 Å². The van der Waals surface area contributed by atoms with Crippen LogP contribution in [0.25, 0.3) is 11.4 Å². The van der Waals surface area contributed by atoms with E-state index in [1.165, 1.54) is 11.8 Å². The summed E-state index contributed by atoms with van der Waals surface area (Å²) in [6.07, 6.45) is 1.75. The van der Waals surface area contributed by atoms with Crippen molar-refractivity contribution in [3.8, 4) is 17.1 Å². The molecule has 0 saturated heterocycles. The molecule has 1 heterocycles. The van der Waals surface area contributed by atoms with E-state index in [-0.39, 0.29) is 11.7 Å². The molecular formula is C20H19ClN4O2S. The number of ether oxygens (including phenoxy) is 1. The van der Waals surface area contributed by atoms with Gasteiger partial charge in [0.25, 0.3) is 0 Å². The molecule has 3 aromatic rings. The Kier molecular flexibility index (Phi) is 6.73.